The van der Waals surface area contributed by atoms with E-state index in [-0.39, 0.29) is 11.3 Å². The molecule has 138 valence electrons. The molecule has 5 nitrogen and oxygen atoms in total. The van der Waals surface area contributed by atoms with E-state index in [9.17, 15) is 4.79 Å². The van der Waals surface area contributed by atoms with Crippen molar-refractivity contribution < 1.29 is 4.79 Å². The van der Waals surface area contributed by atoms with Crippen molar-refractivity contribution in [3.8, 4) is 11.3 Å². The van der Waals surface area contributed by atoms with Gasteiger partial charge in [0, 0.05) is 36.4 Å². The third kappa shape index (κ3) is 3.18. The molecule has 0 spiro atoms. The number of amides is 1. The molecule has 1 fully saturated rings. The predicted molar refractivity (Wildman–Crippen MR) is 107 cm³/mol. The van der Waals surface area contributed by atoms with E-state index in [1.165, 1.54) is 6.33 Å². The highest BCUT2D eigenvalue weighted by Crippen LogP contribution is 2.33. The van der Waals surface area contributed by atoms with Gasteiger partial charge in [-0.3, -0.25) is 4.79 Å². The Hall–Kier alpha value is -2.82. The Kier molecular flexibility index (Phi) is 4.17. The van der Waals surface area contributed by atoms with Crippen LogP contribution in [-0.2, 0) is 0 Å². The van der Waals surface area contributed by atoms with Crippen LogP contribution in [0.2, 0.25) is 0 Å². The largest absolute Gasteiger partial charge is 0.338 e. The number of nitrogens with zero attached hydrogens (tertiary/aromatic N) is 4. The van der Waals surface area contributed by atoms with Gasteiger partial charge in [0.15, 0.2) is 0 Å². The summed E-state index contributed by atoms with van der Waals surface area (Å²) in [5, 5.41) is 0.911. The first kappa shape index (κ1) is 17.6. The maximum atomic E-state index is 13.4. The molecule has 0 saturated carbocycles. The number of hydrogen-bond acceptors (Lipinski definition) is 4. The molecular weight excluding hydrogens is 336 g/mol. The minimum Gasteiger partial charge on any atom is -0.338 e. The van der Waals surface area contributed by atoms with Gasteiger partial charge in [-0.25, -0.2) is 15.0 Å². The number of pyridine rings is 1. The van der Waals surface area contributed by atoms with Crippen molar-refractivity contribution in [2.75, 3.05) is 13.1 Å². The Morgan fingerprint density at radius 2 is 1.89 bits per heavy atom. The number of rotatable bonds is 2. The van der Waals surface area contributed by atoms with Gasteiger partial charge in [0.1, 0.15) is 6.33 Å². The van der Waals surface area contributed by atoms with Gasteiger partial charge in [-0.15, -0.1) is 0 Å². The zero-order valence-electron chi connectivity index (χ0n) is 16.3. The van der Waals surface area contributed by atoms with E-state index in [2.05, 4.69) is 43.7 Å². The lowest BCUT2D eigenvalue weighted by molar-refractivity contribution is 0.0780. The van der Waals surface area contributed by atoms with Crippen molar-refractivity contribution in [3.05, 3.63) is 53.6 Å². The smallest absolute Gasteiger partial charge is 0.254 e. The normalized spacial score (nSPS) is 16.1. The van der Waals surface area contributed by atoms with Crippen molar-refractivity contribution in [1.29, 1.82) is 0 Å². The molecule has 1 amide bonds. The van der Waals surface area contributed by atoms with Crippen molar-refractivity contribution >= 4 is 16.8 Å². The first-order valence-corrected chi connectivity index (χ1v) is 9.31. The summed E-state index contributed by atoms with van der Waals surface area (Å²) in [6.07, 6.45) is 6.00. The fourth-order valence-electron chi connectivity index (χ4n) is 3.74. The maximum absolute atomic E-state index is 13.4. The molecule has 0 bridgehead atoms. The molecule has 0 aliphatic carbocycles. The molecule has 27 heavy (non-hydrogen) atoms. The fraction of sp³-hybridized carbons (Fsp3) is 0.364. The molecule has 0 radical (unpaired) electrons. The number of likely N-dealkylation sites (tertiary alicyclic amines) is 1. The van der Waals surface area contributed by atoms with Crippen LogP contribution in [0.1, 0.15) is 41.8 Å². The van der Waals surface area contributed by atoms with Gasteiger partial charge in [0.25, 0.3) is 5.91 Å². The van der Waals surface area contributed by atoms with E-state index >= 15 is 0 Å². The van der Waals surface area contributed by atoms with Gasteiger partial charge in [0.2, 0.25) is 0 Å². The number of benzene rings is 1. The predicted octanol–water partition coefficient (Wildman–Crippen LogP) is 4.18. The standard InChI is InChI=1S/C22H24N4O/c1-14-5-6-17-18(21(27)26-8-7-22(3,4)12-26)9-19(25-20(17)15(14)2)16-10-23-13-24-11-16/h5-6,9-11,13H,7-8,12H2,1-4H3. The van der Waals surface area contributed by atoms with Crippen LogP contribution in [0.15, 0.2) is 36.9 Å². The molecule has 5 heteroatoms. The summed E-state index contributed by atoms with van der Waals surface area (Å²) in [4.78, 5) is 28.4. The van der Waals surface area contributed by atoms with Gasteiger partial charge < -0.3 is 4.90 Å². The topological polar surface area (TPSA) is 59.0 Å². The number of carbonyl (C=O) groups excluding carboxylic acids is 1. The van der Waals surface area contributed by atoms with Crippen LogP contribution in [0.25, 0.3) is 22.2 Å². The highest BCUT2D eigenvalue weighted by atomic mass is 16.2. The van der Waals surface area contributed by atoms with Crippen LogP contribution in [0, 0.1) is 19.3 Å². The summed E-state index contributed by atoms with van der Waals surface area (Å²) in [7, 11) is 0. The number of fused-ring (bicyclic) bond motifs is 1. The third-order valence-corrected chi connectivity index (χ3v) is 5.56. The minimum atomic E-state index is 0.0781. The van der Waals surface area contributed by atoms with E-state index in [1.807, 2.05) is 17.0 Å². The van der Waals surface area contributed by atoms with Crippen molar-refractivity contribution in [1.82, 2.24) is 19.9 Å². The van der Waals surface area contributed by atoms with Crippen molar-refractivity contribution in [2.24, 2.45) is 5.41 Å². The molecule has 1 saturated heterocycles. The molecule has 3 heterocycles. The SMILES string of the molecule is Cc1ccc2c(C(=O)N3CCC(C)(C)C3)cc(-c3cncnc3)nc2c1C. The summed E-state index contributed by atoms with van der Waals surface area (Å²) in [5.74, 6) is 0.0781. The molecule has 1 aliphatic rings. The van der Waals surface area contributed by atoms with E-state index in [1.54, 1.807) is 12.4 Å². The van der Waals surface area contributed by atoms with Crippen LogP contribution in [-0.4, -0.2) is 38.8 Å². The Morgan fingerprint density at radius 1 is 1.15 bits per heavy atom. The summed E-state index contributed by atoms with van der Waals surface area (Å²) in [6.45, 7) is 10.1. The number of carbonyl (C=O) groups is 1. The third-order valence-electron chi connectivity index (χ3n) is 5.56. The first-order chi connectivity index (χ1) is 12.9. The van der Waals surface area contributed by atoms with Crippen LogP contribution in [0.5, 0.6) is 0 Å². The summed E-state index contributed by atoms with van der Waals surface area (Å²) in [6, 6.07) is 5.98. The van der Waals surface area contributed by atoms with Crippen LogP contribution in [0.3, 0.4) is 0 Å². The minimum absolute atomic E-state index is 0.0781. The lowest BCUT2D eigenvalue weighted by Crippen LogP contribution is -2.30. The summed E-state index contributed by atoms with van der Waals surface area (Å²) < 4.78 is 0. The van der Waals surface area contributed by atoms with Gasteiger partial charge >= 0.3 is 0 Å². The van der Waals surface area contributed by atoms with Crippen molar-refractivity contribution in [3.63, 3.8) is 0 Å². The highest BCUT2D eigenvalue weighted by Gasteiger charge is 2.33. The fourth-order valence-corrected chi connectivity index (χ4v) is 3.74. The van der Waals surface area contributed by atoms with E-state index in [0.29, 0.717) is 5.56 Å². The molecule has 2 aromatic heterocycles. The zero-order valence-corrected chi connectivity index (χ0v) is 16.3. The molecule has 1 aromatic carbocycles. The quantitative estimate of drug-likeness (QED) is 0.688. The maximum Gasteiger partial charge on any atom is 0.254 e. The van der Waals surface area contributed by atoms with Gasteiger partial charge in [-0.1, -0.05) is 26.0 Å². The van der Waals surface area contributed by atoms with Crippen LogP contribution in [0.4, 0.5) is 0 Å². The molecular formula is C22H24N4O. The second-order valence-electron chi connectivity index (χ2n) is 8.23. The molecule has 0 N–H and O–H groups in total. The molecule has 0 unspecified atom stereocenters. The van der Waals surface area contributed by atoms with E-state index in [4.69, 9.17) is 4.98 Å². The lowest BCUT2D eigenvalue weighted by atomic mass is 9.93. The molecule has 0 atom stereocenters. The number of aromatic nitrogens is 3. The zero-order chi connectivity index (χ0) is 19.2. The average molecular weight is 360 g/mol. The number of hydrogen-bond donors (Lipinski definition) is 0. The van der Waals surface area contributed by atoms with E-state index in [0.717, 1.165) is 52.8 Å². The van der Waals surface area contributed by atoms with Gasteiger partial charge in [-0.2, -0.15) is 0 Å². The van der Waals surface area contributed by atoms with Crippen molar-refractivity contribution in [2.45, 2.75) is 34.1 Å². The Balaban J connectivity index is 1.90. The molecule has 1 aliphatic heterocycles. The van der Waals surface area contributed by atoms with Crippen LogP contribution < -0.4 is 0 Å². The molecule has 4 rings (SSSR count). The van der Waals surface area contributed by atoms with Gasteiger partial charge in [-0.05, 0) is 42.9 Å². The van der Waals surface area contributed by atoms with Gasteiger partial charge in [0.05, 0.1) is 16.8 Å². The number of aryl methyl sites for hydroxylation is 2. The molecule has 3 aromatic rings. The summed E-state index contributed by atoms with van der Waals surface area (Å²) >= 11 is 0. The second-order valence-corrected chi connectivity index (χ2v) is 8.23. The Bertz CT molecular complexity index is 1030. The summed E-state index contributed by atoms with van der Waals surface area (Å²) in [5.41, 5.74) is 5.56. The average Bonchev–Trinajstić information content (AvgIpc) is 3.04. The first-order valence-electron chi connectivity index (χ1n) is 9.31. The highest BCUT2D eigenvalue weighted by molar-refractivity contribution is 6.08. The Morgan fingerprint density at radius 3 is 2.56 bits per heavy atom. The van der Waals surface area contributed by atoms with Crippen LogP contribution >= 0.6 is 0 Å². The second kappa shape index (κ2) is 6.41. The Labute approximate surface area is 159 Å². The van der Waals surface area contributed by atoms with E-state index < -0.39 is 0 Å². The lowest BCUT2D eigenvalue weighted by Gasteiger charge is -2.21. The monoisotopic (exact) mass is 360 g/mol.